The number of nitrogens with zero attached hydrogens (tertiary/aromatic N) is 1. The molecule has 184 valence electrons. The van der Waals surface area contributed by atoms with Crippen LogP contribution in [-0.2, 0) is 14.8 Å². The Hall–Kier alpha value is -3.61. The van der Waals surface area contributed by atoms with Crippen LogP contribution in [0, 0.1) is 17.5 Å². The summed E-state index contributed by atoms with van der Waals surface area (Å²) in [5, 5.41) is 11.3. The number of benzene rings is 2. The third-order valence-corrected chi connectivity index (χ3v) is 6.50. The van der Waals surface area contributed by atoms with Crippen LogP contribution in [0.3, 0.4) is 0 Å². The number of pyridine rings is 1. The lowest BCUT2D eigenvalue weighted by molar-refractivity contribution is 0.146. The molecule has 0 saturated carbocycles. The Labute approximate surface area is 198 Å². The van der Waals surface area contributed by atoms with Crippen molar-refractivity contribution < 1.29 is 36.2 Å². The van der Waals surface area contributed by atoms with Gasteiger partial charge in [-0.2, -0.15) is 0 Å². The van der Waals surface area contributed by atoms with Gasteiger partial charge in [-0.25, -0.2) is 26.6 Å². The third kappa shape index (κ3) is 5.09. The van der Waals surface area contributed by atoms with Crippen molar-refractivity contribution in [3.8, 4) is 5.75 Å². The van der Waals surface area contributed by atoms with Crippen LogP contribution >= 0.6 is 0 Å². The van der Waals surface area contributed by atoms with Crippen molar-refractivity contribution in [2.24, 2.45) is 0 Å². The molecule has 0 aliphatic heterocycles. The Morgan fingerprint density at radius 2 is 1.94 bits per heavy atom. The van der Waals surface area contributed by atoms with Crippen molar-refractivity contribution >= 4 is 26.7 Å². The number of aromatic nitrogens is 2. The molecule has 0 radical (unpaired) electrons. The summed E-state index contributed by atoms with van der Waals surface area (Å²) in [6.07, 6.45) is 0.954. The molecule has 0 spiro atoms. The highest BCUT2D eigenvalue weighted by Gasteiger charge is 2.27. The lowest BCUT2D eigenvalue weighted by atomic mass is 10.00. The van der Waals surface area contributed by atoms with E-state index < -0.39 is 49.7 Å². The van der Waals surface area contributed by atoms with Crippen molar-refractivity contribution in [3.63, 3.8) is 0 Å². The zero-order valence-corrected chi connectivity index (χ0v) is 19.1. The fourth-order valence-electron chi connectivity index (χ4n) is 3.44. The van der Waals surface area contributed by atoms with Crippen LogP contribution in [0.1, 0.15) is 17.2 Å². The summed E-state index contributed by atoms with van der Waals surface area (Å²) in [4.78, 5) is 6.52. The highest BCUT2D eigenvalue weighted by Crippen LogP contribution is 2.35. The van der Waals surface area contributed by atoms with E-state index in [1.165, 1.54) is 25.6 Å². The number of aliphatic hydroxyl groups excluding tert-OH is 1. The number of nitrogens with one attached hydrogen (secondary N) is 2. The van der Waals surface area contributed by atoms with E-state index >= 15 is 4.39 Å². The summed E-state index contributed by atoms with van der Waals surface area (Å²) < 4.78 is 81.0. The molecule has 0 aliphatic rings. The SMILES string of the molecule is COCCOc1cnc2[nH]cc(C(O)c3c(F)ccc(NS(=O)(=O)c4cccc(F)c4)c3F)c2c1. The number of methoxy groups -OCH3 is 1. The van der Waals surface area contributed by atoms with Gasteiger partial charge in [-0.3, -0.25) is 4.72 Å². The van der Waals surface area contributed by atoms with Crippen LogP contribution in [0.5, 0.6) is 5.75 Å². The van der Waals surface area contributed by atoms with Gasteiger partial charge >= 0.3 is 0 Å². The predicted octanol–water partition coefficient (Wildman–Crippen LogP) is 3.89. The van der Waals surface area contributed by atoms with E-state index in [2.05, 4.69) is 9.97 Å². The maximum absolute atomic E-state index is 15.3. The first kappa shape index (κ1) is 24.5. The summed E-state index contributed by atoms with van der Waals surface area (Å²) in [5.41, 5.74) is -0.975. The number of anilines is 1. The fourth-order valence-corrected chi connectivity index (χ4v) is 4.54. The van der Waals surface area contributed by atoms with Gasteiger partial charge in [0.25, 0.3) is 10.0 Å². The molecule has 1 atom stereocenters. The molecular formula is C23H20F3N3O5S. The number of rotatable bonds is 9. The summed E-state index contributed by atoms with van der Waals surface area (Å²) >= 11 is 0. The van der Waals surface area contributed by atoms with Crippen LogP contribution in [0.25, 0.3) is 11.0 Å². The van der Waals surface area contributed by atoms with Crippen LogP contribution < -0.4 is 9.46 Å². The average molecular weight is 507 g/mol. The zero-order chi connectivity index (χ0) is 25.2. The van der Waals surface area contributed by atoms with E-state index in [0.29, 0.717) is 23.4 Å². The molecule has 12 heteroatoms. The highest BCUT2D eigenvalue weighted by molar-refractivity contribution is 7.92. The standard InChI is InChI=1S/C23H20F3N3O5S/c1-33-7-8-34-14-10-16-17(12-28-23(16)27-11-14)22(30)20-18(25)5-6-19(21(20)26)29-35(31,32)15-4-2-3-13(24)9-15/h2-6,9-12,22,29-30H,7-8H2,1H3,(H,27,28). The van der Waals surface area contributed by atoms with Gasteiger partial charge in [0, 0.05) is 24.3 Å². The van der Waals surface area contributed by atoms with E-state index in [1.54, 1.807) is 6.07 Å². The Balaban J connectivity index is 1.69. The predicted molar refractivity (Wildman–Crippen MR) is 121 cm³/mol. The summed E-state index contributed by atoms with van der Waals surface area (Å²) in [7, 11) is -2.88. The molecule has 0 bridgehead atoms. The van der Waals surface area contributed by atoms with Gasteiger partial charge in [0.2, 0.25) is 0 Å². The summed E-state index contributed by atoms with van der Waals surface area (Å²) in [5.74, 6) is -2.88. The highest BCUT2D eigenvalue weighted by atomic mass is 32.2. The van der Waals surface area contributed by atoms with E-state index in [0.717, 1.165) is 30.3 Å². The summed E-state index contributed by atoms with van der Waals surface area (Å²) in [6.45, 7) is 0.568. The van der Waals surface area contributed by atoms with Gasteiger partial charge in [-0.05, 0) is 36.4 Å². The topological polar surface area (TPSA) is 114 Å². The smallest absolute Gasteiger partial charge is 0.262 e. The molecule has 4 aromatic rings. The van der Waals surface area contributed by atoms with Gasteiger partial charge < -0.3 is 19.6 Å². The molecule has 2 heterocycles. The average Bonchev–Trinajstić information content (AvgIpc) is 3.24. The molecule has 35 heavy (non-hydrogen) atoms. The molecule has 2 aromatic carbocycles. The molecular weight excluding hydrogens is 487 g/mol. The maximum atomic E-state index is 15.3. The number of sulfonamides is 1. The second-order valence-electron chi connectivity index (χ2n) is 7.44. The summed E-state index contributed by atoms with van der Waals surface area (Å²) in [6, 6.07) is 7.33. The van der Waals surface area contributed by atoms with E-state index in [1.807, 2.05) is 4.72 Å². The molecule has 0 amide bonds. The molecule has 1 unspecified atom stereocenters. The number of H-pyrrole nitrogens is 1. The Morgan fingerprint density at radius 3 is 2.69 bits per heavy atom. The normalized spacial score (nSPS) is 12.6. The number of aromatic amines is 1. The molecule has 8 nitrogen and oxygen atoms in total. The van der Waals surface area contributed by atoms with Crippen LogP contribution in [0.15, 0.2) is 59.8 Å². The number of aliphatic hydroxyl groups is 1. The number of halogens is 3. The largest absolute Gasteiger partial charge is 0.490 e. The quantitative estimate of drug-likeness (QED) is 0.296. The van der Waals surface area contributed by atoms with Crippen LogP contribution in [-0.4, -0.2) is 43.8 Å². The third-order valence-electron chi connectivity index (χ3n) is 5.14. The lowest BCUT2D eigenvalue weighted by Gasteiger charge is -2.16. The number of ether oxygens (including phenoxy) is 2. The molecule has 3 N–H and O–H groups in total. The van der Waals surface area contributed by atoms with Gasteiger partial charge in [-0.15, -0.1) is 0 Å². The van der Waals surface area contributed by atoms with E-state index in [4.69, 9.17) is 9.47 Å². The van der Waals surface area contributed by atoms with Crippen LogP contribution in [0.4, 0.5) is 18.9 Å². The zero-order valence-electron chi connectivity index (χ0n) is 18.3. The monoisotopic (exact) mass is 507 g/mol. The number of fused-ring (bicyclic) bond motifs is 1. The van der Waals surface area contributed by atoms with Crippen molar-refractivity contribution in [2.45, 2.75) is 11.0 Å². The van der Waals surface area contributed by atoms with Gasteiger partial charge in [0.05, 0.1) is 29.0 Å². The van der Waals surface area contributed by atoms with Gasteiger partial charge in [0.1, 0.15) is 35.7 Å². The first-order valence-electron chi connectivity index (χ1n) is 10.2. The second-order valence-corrected chi connectivity index (χ2v) is 9.12. The Morgan fingerprint density at radius 1 is 1.14 bits per heavy atom. The molecule has 0 aliphatic carbocycles. The van der Waals surface area contributed by atoms with Crippen molar-refractivity contribution in [3.05, 3.63) is 83.4 Å². The van der Waals surface area contributed by atoms with E-state index in [-0.39, 0.29) is 12.2 Å². The molecule has 2 aromatic heterocycles. The molecule has 0 saturated heterocycles. The maximum Gasteiger partial charge on any atom is 0.262 e. The van der Waals surface area contributed by atoms with Crippen molar-refractivity contribution in [1.29, 1.82) is 0 Å². The Bertz CT molecular complexity index is 1480. The van der Waals surface area contributed by atoms with E-state index in [9.17, 15) is 22.3 Å². The van der Waals surface area contributed by atoms with Crippen molar-refractivity contribution in [2.75, 3.05) is 25.0 Å². The number of hydrogen-bond donors (Lipinski definition) is 3. The minimum Gasteiger partial charge on any atom is -0.490 e. The van der Waals surface area contributed by atoms with Gasteiger partial charge in [-0.1, -0.05) is 6.07 Å². The first-order valence-corrected chi connectivity index (χ1v) is 11.7. The molecule has 4 rings (SSSR count). The minimum atomic E-state index is -4.40. The molecule has 0 fully saturated rings. The first-order chi connectivity index (χ1) is 16.7. The van der Waals surface area contributed by atoms with Crippen LogP contribution in [0.2, 0.25) is 0 Å². The Kier molecular flexibility index (Phi) is 6.96. The van der Waals surface area contributed by atoms with Crippen molar-refractivity contribution in [1.82, 2.24) is 9.97 Å². The fraction of sp³-hybridized carbons (Fsp3) is 0.174. The number of hydrogen-bond acceptors (Lipinski definition) is 6. The minimum absolute atomic E-state index is 0.0904. The van der Waals surface area contributed by atoms with Gasteiger partial charge in [0.15, 0.2) is 5.82 Å². The lowest BCUT2D eigenvalue weighted by Crippen LogP contribution is -2.16. The second kappa shape index (κ2) is 9.94.